The molecule has 0 heterocycles. The molecule has 0 saturated heterocycles. The fourth-order valence-electron chi connectivity index (χ4n) is 1.84. The van der Waals surface area contributed by atoms with Crippen LogP contribution in [0, 0.1) is 0 Å². The maximum absolute atomic E-state index is 12.4. The Hall–Kier alpha value is -1.52. The van der Waals surface area contributed by atoms with Crippen LogP contribution >= 0.6 is 27.5 Å². The molecule has 2 rings (SSSR count). The summed E-state index contributed by atoms with van der Waals surface area (Å²) in [7, 11) is 1.69. The third kappa shape index (κ3) is 3.32. The largest absolute Gasteiger partial charge is 0.508 e. The average molecular weight is 355 g/mol. The van der Waals surface area contributed by atoms with Gasteiger partial charge in [-0.2, -0.15) is 0 Å². The Balaban J connectivity index is 2.19. The molecule has 5 heteroatoms. The molecule has 0 aromatic heterocycles. The fraction of sp³-hybridized carbons (Fsp3) is 0.133. The molecular formula is C15H13BrClNO2. The Morgan fingerprint density at radius 2 is 2.00 bits per heavy atom. The molecule has 0 fully saturated rings. The SMILES string of the molecule is CN(Cc1ccccc1O)C(=O)c1ccc(Cl)cc1Br. The van der Waals surface area contributed by atoms with E-state index >= 15 is 0 Å². The van der Waals surface area contributed by atoms with Crippen molar-refractivity contribution in [3.05, 3.63) is 63.1 Å². The first-order valence-corrected chi connectivity index (χ1v) is 7.13. The van der Waals surface area contributed by atoms with E-state index < -0.39 is 0 Å². The first-order chi connectivity index (χ1) is 9.49. The van der Waals surface area contributed by atoms with Crippen molar-refractivity contribution in [2.24, 2.45) is 0 Å². The molecule has 0 radical (unpaired) electrons. The molecule has 1 N–H and O–H groups in total. The zero-order valence-electron chi connectivity index (χ0n) is 10.8. The van der Waals surface area contributed by atoms with Crippen LogP contribution in [0.5, 0.6) is 5.75 Å². The Morgan fingerprint density at radius 1 is 1.30 bits per heavy atom. The molecule has 0 saturated carbocycles. The van der Waals surface area contributed by atoms with Crippen molar-refractivity contribution in [3.8, 4) is 5.75 Å². The van der Waals surface area contributed by atoms with Crippen LogP contribution in [0.1, 0.15) is 15.9 Å². The lowest BCUT2D eigenvalue weighted by Crippen LogP contribution is -2.26. The molecular weight excluding hydrogens is 342 g/mol. The summed E-state index contributed by atoms with van der Waals surface area (Å²) in [6, 6.07) is 12.0. The Bertz CT molecular complexity index is 646. The lowest BCUT2D eigenvalue weighted by molar-refractivity contribution is 0.0783. The van der Waals surface area contributed by atoms with Crippen LogP contribution in [0.15, 0.2) is 46.9 Å². The lowest BCUT2D eigenvalue weighted by atomic mass is 10.1. The third-order valence-electron chi connectivity index (χ3n) is 2.91. The van der Waals surface area contributed by atoms with Gasteiger partial charge in [-0.05, 0) is 40.2 Å². The van der Waals surface area contributed by atoms with Crippen molar-refractivity contribution >= 4 is 33.4 Å². The first kappa shape index (κ1) is 14.9. The van der Waals surface area contributed by atoms with Crippen molar-refractivity contribution in [1.29, 1.82) is 0 Å². The molecule has 0 spiro atoms. The predicted octanol–water partition coefficient (Wildman–Crippen LogP) is 4.08. The van der Waals surface area contributed by atoms with E-state index in [2.05, 4.69) is 15.9 Å². The van der Waals surface area contributed by atoms with Gasteiger partial charge in [-0.1, -0.05) is 29.8 Å². The molecule has 3 nitrogen and oxygen atoms in total. The number of carbonyl (C=O) groups is 1. The summed E-state index contributed by atoms with van der Waals surface area (Å²) in [6.07, 6.45) is 0. The van der Waals surface area contributed by atoms with Crippen LogP contribution in [0.3, 0.4) is 0 Å². The lowest BCUT2D eigenvalue weighted by Gasteiger charge is -2.18. The van der Waals surface area contributed by atoms with Gasteiger partial charge in [-0.3, -0.25) is 4.79 Å². The van der Waals surface area contributed by atoms with E-state index in [1.54, 1.807) is 48.3 Å². The number of rotatable bonds is 3. The van der Waals surface area contributed by atoms with Gasteiger partial charge in [0.2, 0.25) is 0 Å². The second-order valence-electron chi connectivity index (χ2n) is 4.41. The van der Waals surface area contributed by atoms with Gasteiger partial charge in [0.05, 0.1) is 5.56 Å². The molecule has 0 bridgehead atoms. The standard InChI is InChI=1S/C15H13BrClNO2/c1-18(9-10-4-2-3-5-14(10)19)15(20)12-7-6-11(17)8-13(12)16/h2-8,19H,9H2,1H3. The number of amides is 1. The van der Waals surface area contributed by atoms with Crippen molar-refractivity contribution in [1.82, 2.24) is 4.90 Å². The van der Waals surface area contributed by atoms with Crippen molar-refractivity contribution < 1.29 is 9.90 Å². The molecule has 0 atom stereocenters. The molecule has 2 aromatic rings. The van der Waals surface area contributed by atoms with Crippen molar-refractivity contribution in [3.63, 3.8) is 0 Å². The molecule has 0 aliphatic heterocycles. The second-order valence-corrected chi connectivity index (χ2v) is 5.70. The van der Waals surface area contributed by atoms with E-state index in [-0.39, 0.29) is 11.7 Å². The number of phenols is 1. The number of hydrogen-bond acceptors (Lipinski definition) is 2. The maximum atomic E-state index is 12.4. The third-order valence-corrected chi connectivity index (χ3v) is 3.80. The summed E-state index contributed by atoms with van der Waals surface area (Å²) in [5.41, 5.74) is 1.24. The van der Waals surface area contributed by atoms with E-state index in [0.29, 0.717) is 27.2 Å². The highest BCUT2D eigenvalue weighted by atomic mass is 79.9. The summed E-state index contributed by atoms with van der Waals surface area (Å²) in [4.78, 5) is 13.9. The number of phenolic OH excluding ortho intramolecular Hbond substituents is 1. The molecule has 1 amide bonds. The van der Waals surface area contributed by atoms with E-state index in [1.165, 1.54) is 0 Å². The monoisotopic (exact) mass is 353 g/mol. The summed E-state index contributed by atoms with van der Waals surface area (Å²) >= 11 is 9.20. The summed E-state index contributed by atoms with van der Waals surface area (Å²) < 4.78 is 0.652. The van der Waals surface area contributed by atoms with Gasteiger partial charge in [0.1, 0.15) is 5.75 Å². The van der Waals surface area contributed by atoms with Crippen LogP contribution < -0.4 is 0 Å². The minimum absolute atomic E-state index is 0.142. The highest BCUT2D eigenvalue weighted by molar-refractivity contribution is 9.10. The van der Waals surface area contributed by atoms with Crippen LogP contribution in [0.2, 0.25) is 5.02 Å². The quantitative estimate of drug-likeness (QED) is 0.902. The summed E-state index contributed by atoms with van der Waals surface area (Å²) in [6.45, 7) is 0.334. The van der Waals surface area contributed by atoms with Crippen LogP contribution in [0.4, 0.5) is 0 Å². The number of hydrogen-bond donors (Lipinski definition) is 1. The van der Waals surface area contributed by atoms with Gasteiger partial charge < -0.3 is 10.0 Å². The van der Waals surface area contributed by atoms with Crippen molar-refractivity contribution in [2.45, 2.75) is 6.54 Å². The van der Waals surface area contributed by atoms with Gasteiger partial charge in [-0.25, -0.2) is 0 Å². The molecule has 20 heavy (non-hydrogen) atoms. The van der Waals surface area contributed by atoms with Crippen LogP contribution in [-0.4, -0.2) is 23.0 Å². The van der Waals surface area contributed by atoms with Crippen LogP contribution in [-0.2, 0) is 6.54 Å². The molecule has 0 unspecified atom stereocenters. The topological polar surface area (TPSA) is 40.5 Å². The minimum Gasteiger partial charge on any atom is -0.508 e. The average Bonchev–Trinajstić information content (AvgIpc) is 2.40. The van der Waals surface area contributed by atoms with E-state index in [1.807, 2.05) is 6.07 Å². The zero-order chi connectivity index (χ0) is 14.7. The molecule has 0 aliphatic carbocycles. The zero-order valence-corrected chi connectivity index (χ0v) is 13.1. The van der Waals surface area contributed by atoms with Gasteiger partial charge >= 0.3 is 0 Å². The first-order valence-electron chi connectivity index (χ1n) is 5.96. The van der Waals surface area contributed by atoms with Crippen LogP contribution in [0.25, 0.3) is 0 Å². The Labute approximate surface area is 130 Å². The number of aromatic hydroxyl groups is 1. The summed E-state index contributed by atoms with van der Waals surface area (Å²) in [5, 5.41) is 10.3. The molecule has 2 aromatic carbocycles. The minimum atomic E-state index is -0.142. The van der Waals surface area contributed by atoms with E-state index in [0.717, 1.165) is 0 Å². The molecule has 104 valence electrons. The smallest absolute Gasteiger partial charge is 0.255 e. The Morgan fingerprint density at radius 3 is 2.65 bits per heavy atom. The van der Waals surface area contributed by atoms with Crippen molar-refractivity contribution in [2.75, 3.05) is 7.05 Å². The van der Waals surface area contributed by atoms with Gasteiger partial charge in [-0.15, -0.1) is 0 Å². The predicted molar refractivity (Wildman–Crippen MR) is 83.1 cm³/mol. The number of para-hydroxylation sites is 1. The number of halogens is 2. The fourth-order valence-corrected chi connectivity index (χ4v) is 2.69. The summed E-state index contributed by atoms with van der Waals surface area (Å²) in [5.74, 6) is 0.0408. The highest BCUT2D eigenvalue weighted by Gasteiger charge is 2.16. The Kier molecular flexibility index (Phi) is 4.68. The number of benzene rings is 2. The number of carbonyl (C=O) groups excluding carboxylic acids is 1. The van der Waals surface area contributed by atoms with Gasteiger partial charge in [0, 0.05) is 28.7 Å². The van der Waals surface area contributed by atoms with E-state index in [4.69, 9.17) is 11.6 Å². The second kappa shape index (κ2) is 6.29. The van der Waals surface area contributed by atoms with Gasteiger partial charge in [0.25, 0.3) is 5.91 Å². The molecule has 0 aliphatic rings. The normalized spacial score (nSPS) is 10.3. The van der Waals surface area contributed by atoms with E-state index in [9.17, 15) is 9.90 Å². The maximum Gasteiger partial charge on any atom is 0.255 e. The highest BCUT2D eigenvalue weighted by Crippen LogP contribution is 2.24. The number of nitrogens with zero attached hydrogens (tertiary/aromatic N) is 1. The van der Waals surface area contributed by atoms with Gasteiger partial charge in [0.15, 0.2) is 0 Å².